The Labute approximate surface area is 119 Å². The number of ether oxygens (including phenoxy) is 1. The number of carbonyl (C=O) groups excluding carboxylic acids is 1. The lowest BCUT2D eigenvalue weighted by Crippen LogP contribution is -2.04. The van der Waals surface area contributed by atoms with Gasteiger partial charge in [-0.2, -0.15) is 0 Å². The Balaban J connectivity index is 2.93. The molecule has 0 aliphatic heterocycles. The van der Waals surface area contributed by atoms with E-state index in [0.29, 0.717) is 5.56 Å². The van der Waals surface area contributed by atoms with E-state index in [9.17, 15) is 4.79 Å². The van der Waals surface area contributed by atoms with Crippen molar-refractivity contribution in [3.8, 4) is 0 Å². The molecule has 0 saturated heterocycles. The van der Waals surface area contributed by atoms with Gasteiger partial charge in [-0.25, -0.2) is 4.79 Å². The fourth-order valence-electron chi connectivity index (χ4n) is 1.14. The van der Waals surface area contributed by atoms with Crippen LogP contribution < -0.4 is 0 Å². The maximum absolute atomic E-state index is 11.3. The summed E-state index contributed by atoms with van der Waals surface area (Å²) < 4.78 is 5.84. The second-order valence-corrected chi connectivity index (χ2v) is 7.50. The summed E-state index contributed by atoms with van der Waals surface area (Å²) in [6, 6.07) is 5.72. The van der Waals surface area contributed by atoms with Crippen LogP contribution in [-0.4, -0.2) is 16.8 Å². The molecule has 0 unspecified atom stereocenters. The first kappa shape index (κ1) is 13.4. The maximum atomic E-state index is 11.3. The van der Waals surface area contributed by atoms with Crippen molar-refractivity contribution in [3.05, 3.63) is 32.9 Å². The summed E-state index contributed by atoms with van der Waals surface area (Å²) in [5.41, 5.74) is 1.79. The van der Waals surface area contributed by atoms with E-state index >= 15 is 0 Å². The highest BCUT2D eigenvalue weighted by molar-refractivity contribution is 14.1. The number of rotatable bonds is 3. The number of esters is 1. The van der Waals surface area contributed by atoms with Crippen molar-refractivity contribution in [2.24, 2.45) is 0 Å². The topological polar surface area (TPSA) is 26.3 Å². The standard InChI is InChI=1S/C10H9Br2IO2/c1-15-10(14)7-3-2-6(4-8(7)13)5-9(11)12/h2-4,9H,5H2,1H3. The fourth-order valence-corrected chi connectivity index (χ4v) is 2.69. The Morgan fingerprint density at radius 2 is 2.20 bits per heavy atom. The lowest BCUT2D eigenvalue weighted by Gasteiger charge is -2.06. The third-order valence-electron chi connectivity index (χ3n) is 1.83. The summed E-state index contributed by atoms with van der Waals surface area (Å²) in [6.07, 6.45) is 0.872. The SMILES string of the molecule is COC(=O)c1ccc(CC(Br)Br)cc1I. The second kappa shape index (κ2) is 6.20. The molecule has 1 aromatic carbocycles. The van der Waals surface area contributed by atoms with Gasteiger partial charge in [-0.3, -0.25) is 0 Å². The Kier molecular flexibility index (Phi) is 5.56. The lowest BCUT2D eigenvalue weighted by molar-refractivity contribution is 0.0599. The van der Waals surface area contributed by atoms with Crippen LogP contribution in [0.4, 0.5) is 0 Å². The van der Waals surface area contributed by atoms with Crippen molar-refractivity contribution >= 4 is 60.4 Å². The van der Waals surface area contributed by atoms with E-state index in [0.717, 1.165) is 9.99 Å². The number of carbonyl (C=O) groups is 1. The minimum Gasteiger partial charge on any atom is -0.465 e. The van der Waals surface area contributed by atoms with Gasteiger partial charge >= 0.3 is 5.97 Å². The summed E-state index contributed by atoms with van der Waals surface area (Å²) in [5.74, 6) is -0.291. The van der Waals surface area contributed by atoms with Gasteiger partial charge in [-0.15, -0.1) is 0 Å². The monoisotopic (exact) mass is 446 g/mol. The summed E-state index contributed by atoms with van der Waals surface area (Å²) in [6.45, 7) is 0. The number of hydrogen-bond donors (Lipinski definition) is 0. The van der Waals surface area contributed by atoms with Crippen LogP contribution in [0.15, 0.2) is 18.2 Å². The normalized spacial score (nSPS) is 10.5. The quantitative estimate of drug-likeness (QED) is 0.401. The molecule has 15 heavy (non-hydrogen) atoms. The zero-order valence-corrected chi connectivity index (χ0v) is 13.3. The molecule has 0 aliphatic rings. The van der Waals surface area contributed by atoms with Crippen molar-refractivity contribution in [2.45, 2.75) is 10.2 Å². The van der Waals surface area contributed by atoms with Crippen LogP contribution in [0.3, 0.4) is 0 Å². The zero-order valence-electron chi connectivity index (χ0n) is 7.97. The molecule has 5 heteroatoms. The highest BCUT2D eigenvalue weighted by atomic mass is 127. The predicted molar refractivity (Wildman–Crippen MR) is 75.8 cm³/mol. The molecule has 0 heterocycles. The Morgan fingerprint density at radius 3 is 2.67 bits per heavy atom. The summed E-state index contributed by atoms with van der Waals surface area (Å²) in [4.78, 5) is 11.3. The van der Waals surface area contributed by atoms with Crippen molar-refractivity contribution in [1.29, 1.82) is 0 Å². The number of methoxy groups -OCH3 is 1. The first-order valence-corrected chi connectivity index (χ1v) is 7.10. The van der Waals surface area contributed by atoms with Crippen LogP contribution in [-0.2, 0) is 11.2 Å². The van der Waals surface area contributed by atoms with Gasteiger partial charge in [0.15, 0.2) is 0 Å². The van der Waals surface area contributed by atoms with Gasteiger partial charge < -0.3 is 4.74 Å². The van der Waals surface area contributed by atoms with Crippen molar-refractivity contribution in [2.75, 3.05) is 7.11 Å². The molecule has 0 fully saturated rings. The minimum absolute atomic E-state index is 0.254. The summed E-state index contributed by atoms with van der Waals surface area (Å²) >= 11 is 8.98. The van der Waals surface area contributed by atoms with Gasteiger partial charge in [0, 0.05) is 3.57 Å². The molecule has 1 aromatic rings. The maximum Gasteiger partial charge on any atom is 0.338 e. The molecule has 0 saturated carbocycles. The van der Waals surface area contributed by atoms with Crippen LogP contribution in [0, 0.1) is 3.57 Å². The van der Waals surface area contributed by atoms with Gasteiger partial charge in [0.1, 0.15) is 0 Å². The number of halogens is 3. The molecular formula is C10H9Br2IO2. The smallest absolute Gasteiger partial charge is 0.338 e. The van der Waals surface area contributed by atoms with E-state index < -0.39 is 0 Å². The highest BCUT2D eigenvalue weighted by Crippen LogP contribution is 2.20. The van der Waals surface area contributed by atoms with E-state index in [1.807, 2.05) is 12.1 Å². The Hall–Kier alpha value is 0.380. The third-order valence-corrected chi connectivity index (χ3v) is 3.37. The second-order valence-electron chi connectivity index (χ2n) is 2.90. The predicted octanol–water partition coefficient (Wildman–Crippen LogP) is 3.74. The van der Waals surface area contributed by atoms with Gasteiger partial charge in [0.2, 0.25) is 0 Å². The van der Waals surface area contributed by atoms with Gasteiger partial charge in [-0.1, -0.05) is 37.9 Å². The summed E-state index contributed by atoms with van der Waals surface area (Å²) in [7, 11) is 1.39. The average Bonchev–Trinajstić information content (AvgIpc) is 2.16. The fraction of sp³-hybridized carbons (Fsp3) is 0.300. The molecule has 0 atom stereocenters. The van der Waals surface area contributed by atoms with Crippen LogP contribution in [0.1, 0.15) is 15.9 Å². The number of benzene rings is 1. The largest absolute Gasteiger partial charge is 0.465 e. The first-order valence-electron chi connectivity index (χ1n) is 4.19. The Bertz CT molecular complexity index is 366. The minimum atomic E-state index is -0.291. The molecule has 0 radical (unpaired) electrons. The zero-order chi connectivity index (χ0) is 11.4. The lowest BCUT2D eigenvalue weighted by atomic mass is 10.1. The molecule has 2 nitrogen and oxygen atoms in total. The van der Waals surface area contributed by atoms with Crippen LogP contribution in [0.2, 0.25) is 0 Å². The number of hydrogen-bond acceptors (Lipinski definition) is 2. The van der Waals surface area contributed by atoms with E-state index in [2.05, 4.69) is 59.2 Å². The van der Waals surface area contributed by atoms with Crippen molar-refractivity contribution in [3.63, 3.8) is 0 Å². The van der Waals surface area contributed by atoms with Gasteiger partial charge in [0.25, 0.3) is 0 Å². The average molecular weight is 448 g/mol. The van der Waals surface area contributed by atoms with Gasteiger partial charge in [0.05, 0.1) is 16.4 Å². The van der Waals surface area contributed by atoms with Crippen LogP contribution in [0.25, 0.3) is 0 Å². The molecule has 0 N–H and O–H groups in total. The van der Waals surface area contributed by atoms with Crippen LogP contribution in [0.5, 0.6) is 0 Å². The van der Waals surface area contributed by atoms with E-state index in [-0.39, 0.29) is 9.71 Å². The molecule has 1 rings (SSSR count). The number of alkyl halides is 2. The van der Waals surface area contributed by atoms with Crippen molar-refractivity contribution in [1.82, 2.24) is 0 Å². The van der Waals surface area contributed by atoms with Crippen molar-refractivity contribution < 1.29 is 9.53 Å². The van der Waals surface area contributed by atoms with Gasteiger partial charge in [-0.05, 0) is 46.7 Å². The molecule has 0 bridgehead atoms. The van der Waals surface area contributed by atoms with E-state index in [1.54, 1.807) is 6.07 Å². The molecule has 0 amide bonds. The Morgan fingerprint density at radius 1 is 1.53 bits per heavy atom. The molecule has 82 valence electrons. The molecular weight excluding hydrogens is 439 g/mol. The third kappa shape index (κ3) is 4.03. The summed E-state index contributed by atoms with van der Waals surface area (Å²) in [5, 5.41) is 0. The van der Waals surface area contributed by atoms with Crippen LogP contribution >= 0.6 is 54.5 Å². The molecule has 0 aliphatic carbocycles. The first-order chi connectivity index (χ1) is 7.04. The highest BCUT2D eigenvalue weighted by Gasteiger charge is 2.11. The molecule has 0 aromatic heterocycles. The molecule has 0 spiro atoms. The van der Waals surface area contributed by atoms with E-state index in [4.69, 9.17) is 0 Å². The van der Waals surface area contributed by atoms with E-state index in [1.165, 1.54) is 12.7 Å².